The fourth-order valence-corrected chi connectivity index (χ4v) is 2.93. The average Bonchev–Trinajstić information content (AvgIpc) is 2.65. The van der Waals surface area contributed by atoms with Gasteiger partial charge in [-0.05, 0) is 50.9 Å². The molecule has 0 aliphatic rings. The van der Waals surface area contributed by atoms with Gasteiger partial charge < -0.3 is 0 Å². The van der Waals surface area contributed by atoms with Gasteiger partial charge >= 0.3 is 0 Å². The van der Waals surface area contributed by atoms with Gasteiger partial charge in [-0.25, -0.2) is 0 Å². The van der Waals surface area contributed by atoms with E-state index < -0.39 is 0 Å². The molecule has 0 spiro atoms. The van der Waals surface area contributed by atoms with Crippen LogP contribution in [0.1, 0.15) is 6.85 Å². The maximum Gasteiger partial charge on any atom is 0.0629 e. The van der Waals surface area contributed by atoms with E-state index in [4.69, 9.17) is 6.85 Å². The Kier molecular flexibility index (Phi) is 1.99. The van der Waals surface area contributed by atoms with Gasteiger partial charge in [-0.15, -0.1) is 0 Å². The molecule has 0 N–H and O–H groups in total. The third-order valence-electron chi connectivity index (χ3n) is 3.59. The molecular formula is C20H13Br. The lowest BCUT2D eigenvalue weighted by Gasteiger charge is -2.08. The van der Waals surface area contributed by atoms with Crippen molar-refractivity contribution in [3.8, 4) is 11.1 Å². The zero-order valence-electron chi connectivity index (χ0n) is 16.0. The highest BCUT2D eigenvalue weighted by molar-refractivity contribution is 9.10. The smallest absolute Gasteiger partial charge is 0.0622 e. The lowest BCUT2D eigenvalue weighted by Crippen LogP contribution is -1.81. The van der Waals surface area contributed by atoms with Crippen LogP contribution in [0.15, 0.2) is 83.2 Å². The zero-order chi connectivity index (χ0) is 18.6. The molecule has 0 amide bonds. The number of hydrogen-bond donors (Lipinski definition) is 0. The maximum absolute atomic E-state index is 8.20. The van der Waals surface area contributed by atoms with Gasteiger partial charge in [0.05, 0.1) is 6.85 Å². The summed E-state index contributed by atoms with van der Waals surface area (Å²) in [4.78, 5) is 0. The van der Waals surface area contributed by atoms with Crippen molar-refractivity contribution in [2.75, 3.05) is 0 Å². The predicted octanol–water partition coefficient (Wildman–Crippen LogP) is 6.42. The molecule has 0 saturated carbocycles. The summed E-state index contributed by atoms with van der Waals surface area (Å²) in [5.41, 5.74) is 0.840. The van der Waals surface area contributed by atoms with Crippen molar-refractivity contribution in [3.05, 3.63) is 83.2 Å². The van der Waals surface area contributed by atoms with Crippen LogP contribution in [-0.4, -0.2) is 0 Å². The van der Waals surface area contributed by atoms with Crippen LogP contribution in [0.25, 0.3) is 32.7 Å². The zero-order valence-corrected chi connectivity index (χ0v) is 12.6. The van der Waals surface area contributed by atoms with Crippen LogP contribution in [-0.2, 0) is 0 Å². The molecule has 21 heavy (non-hydrogen) atoms. The van der Waals surface area contributed by atoms with E-state index >= 15 is 0 Å². The second-order valence-electron chi connectivity index (χ2n) is 4.87. The molecule has 100 valence electrons. The molecule has 1 heteroatoms. The second kappa shape index (κ2) is 5.01. The number of rotatable bonds is 1. The van der Waals surface area contributed by atoms with Gasteiger partial charge in [-0.3, -0.25) is 0 Å². The quantitative estimate of drug-likeness (QED) is 0.351. The third-order valence-corrected chi connectivity index (χ3v) is 4.08. The molecule has 0 radical (unpaired) electrons. The minimum Gasteiger partial charge on any atom is -0.0622 e. The van der Waals surface area contributed by atoms with E-state index in [-0.39, 0.29) is 35.8 Å². The predicted molar refractivity (Wildman–Crippen MR) is 94.6 cm³/mol. The highest BCUT2D eigenvalue weighted by atomic mass is 79.9. The minimum absolute atomic E-state index is 0.184. The van der Waals surface area contributed by atoms with Crippen molar-refractivity contribution in [2.24, 2.45) is 0 Å². The molecular weight excluding hydrogens is 320 g/mol. The first-order valence-corrected chi connectivity index (χ1v) is 7.37. The fraction of sp³-hybridized carbons (Fsp3) is 0. The topological polar surface area (TPSA) is 0 Å². The van der Waals surface area contributed by atoms with Crippen molar-refractivity contribution in [3.63, 3.8) is 0 Å². The summed E-state index contributed by atoms with van der Waals surface area (Å²) in [7, 11) is 0. The van der Waals surface area contributed by atoms with E-state index in [1.54, 1.807) is 6.07 Å². The number of halogens is 1. The molecule has 0 nitrogen and oxygen atoms in total. The lowest BCUT2D eigenvalue weighted by molar-refractivity contribution is 1.65. The fourth-order valence-electron chi connectivity index (χ4n) is 2.57. The van der Waals surface area contributed by atoms with E-state index in [0.29, 0.717) is 5.56 Å². The monoisotopic (exact) mass is 337 g/mol. The van der Waals surface area contributed by atoms with Crippen LogP contribution in [0.3, 0.4) is 0 Å². The SMILES string of the molecule is [2H]c1c([2H])c([2H])c(-c2ccc3ccc4ccc(Br)cc4c3c2)c([2H])c1[2H]. The van der Waals surface area contributed by atoms with Gasteiger partial charge in [0.25, 0.3) is 0 Å². The Morgan fingerprint density at radius 3 is 2.05 bits per heavy atom. The number of benzene rings is 4. The molecule has 0 unspecified atom stereocenters. The first kappa shape index (κ1) is 8.35. The normalized spacial score (nSPS) is 14.4. The van der Waals surface area contributed by atoms with Crippen LogP contribution in [0.5, 0.6) is 0 Å². The third kappa shape index (κ3) is 2.24. The summed E-state index contributed by atoms with van der Waals surface area (Å²) < 4.78 is 40.9. The Labute approximate surface area is 139 Å². The van der Waals surface area contributed by atoms with Gasteiger partial charge in [0.1, 0.15) is 0 Å². The first-order chi connectivity index (χ1) is 12.4. The number of hydrogen-bond acceptors (Lipinski definition) is 0. The van der Waals surface area contributed by atoms with Crippen LogP contribution in [0, 0.1) is 0 Å². The molecule has 4 aromatic rings. The minimum atomic E-state index is -0.376. The van der Waals surface area contributed by atoms with E-state index in [1.165, 1.54) is 0 Å². The highest BCUT2D eigenvalue weighted by Gasteiger charge is 2.04. The van der Waals surface area contributed by atoms with E-state index in [9.17, 15) is 0 Å². The van der Waals surface area contributed by atoms with Crippen molar-refractivity contribution < 1.29 is 6.85 Å². The van der Waals surface area contributed by atoms with Gasteiger partial charge in [0, 0.05) is 4.47 Å². The molecule has 0 heterocycles. The van der Waals surface area contributed by atoms with Gasteiger partial charge in [-0.1, -0.05) is 76.5 Å². The van der Waals surface area contributed by atoms with E-state index in [0.717, 1.165) is 26.0 Å². The summed E-state index contributed by atoms with van der Waals surface area (Å²) in [5.74, 6) is 0. The molecule has 4 rings (SSSR count). The molecule has 0 aliphatic heterocycles. The summed E-state index contributed by atoms with van der Waals surface area (Å²) in [6.07, 6.45) is 0. The standard InChI is InChI=1S/C20H13Br/c21-18-11-10-16-7-6-15-8-9-17(12-19(15)20(16)13-18)14-4-2-1-3-5-14/h1-13H/i1D,2D,3D,4D,5D. The molecule has 0 aromatic heterocycles. The van der Waals surface area contributed by atoms with Gasteiger partial charge in [-0.2, -0.15) is 0 Å². The first-order valence-electron chi connectivity index (χ1n) is 9.08. The maximum atomic E-state index is 8.20. The Hall–Kier alpha value is -2.12. The van der Waals surface area contributed by atoms with Crippen molar-refractivity contribution >= 4 is 37.5 Å². The molecule has 0 saturated heterocycles. The Morgan fingerprint density at radius 1 is 0.667 bits per heavy atom. The largest absolute Gasteiger partial charge is 0.0629 e. The van der Waals surface area contributed by atoms with Gasteiger partial charge in [0.15, 0.2) is 0 Å². The van der Waals surface area contributed by atoms with Crippen molar-refractivity contribution in [1.82, 2.24) is 0 Å². The van der Waals surface area contributed by atoms with Crippen LogP contribution in [0.2, 0.25) is 0 Å². The second-order valence-corrected chi connectivity index (χ2v) is 5.78. The number of fused-ring (bicyclic) bond motifs is 3. The van der Waals surface area contributed by atoms with Crippen LogP contribution >= 0.6 is 15.9 Å². The lowest BCUT2D eigenvalue weighted by atomic mass is 9.97. The molecule has 0 bridgehead atoms. The van der Waals surface area contributed by atoms with Crippen molar-refractivity contribution in [1.29, 1.82) is 0 Å². The average molecular weight is 338 g/mol. The molecule has 4 aromatic carbocycles. The van der Waals surface area contributed by atoms with E-state index in [2.05, 4.69) is 15.9 Å². The summed E-state index contributed by atoms with van der Waals surface area (Å²) in [6.45, 7) is 0. The molecule has 0 aliphatic carbocycles. The molecule has 0 atom stereocenters. The molecule has 0 fully saturated rings. The summed E-state index contributed by atoms with van der Waals surface area (Å²) in [5, 5.41) is 4.14. The Morgan fingerprint density at radius 2 is 1.29 bits per heavy atom. The van der Waals surface area contributed by atoms with Crippen LogP contribution in [0.4, 0.5) is 0 Å². The van der Waals surface area contributed by atoms with Gasteiger partial charge in [0.2, 0.25) is 0 Å². The van der Waals surface area contributed by atoms with E-state index in [1.807, 2.05) is 42.5 Å². The Balaban J connectivity index is 2.08. The Bertz CT molecular complexity index is 1170. The summed E-state index contributed by atoms with van der Waals surface area (Å²) in [6, 6.07) is 14.4. The van der Waals surface area contributed by atoms with Crippen LogP contribution < -0.4 is 0 Å². The highest BCUT2D eigenvalue weighted by Crippen LogP contribution is 2.31. The van der Waals surface area contributed by atoms with Crippen molar-refractivity contribution in [2.45, 2.75) is 0 Å². The summed E-state index contributed by atoms with van der Waals surface area (Å²) >= 11 is 3.50.